The minimum Gasteiger partial charge on any atom is -0.380 e. The molecular formula is C16H24N2O. The molecule has 0 fully saturated rings. The second-order valence-corrected chi connectivity index (χ2v) is 5.66. The van der Waals surface area contributed by atoms with Crippen LogP contribution in [0.15, 0.2) is 18.5 Å². The maximum atomic E-state index is 5.67. The molecule has 0 unspecified atom stereocenters. The zero-order valence-electron chi connectivity index (χ0n) is 12.4. The van der Waals surface area contributed by atoms with Crippen molar-refractivity contribution in [3.8, 4) is 0 Å². The second kappa shape index (κ2) is 6.20. The summed E-state index contributed by atoms with van der Waals surface area (Å²) in [5.41, 5.74) is 4.89. The average Bonchev–Trinajstić information content (AvgIpc) is 2.72. The van der Waals surface area contributed by atoms with Crippen LogP contribution in [0.25, 0.3) is 11.0 Å². The van der Waals surface area contributed by atoms with Crippen LogP contribution >= 0.6 is 0 Å². The summed E-state index contributed by atoms with van der Waals surface area (Å²) in [6.45, 7) is 11.2. The van der Waals surface area contributed by atoms with Gasteiger partial charge in [0, 0.05) is 13.2 Å². The number of ether oxygens (including phenoxy) is 1. The van der Waals surface area contributed by atoms with Gasteiger partial charge in [-0.25, -0.2) is 4.98 Å². The van der Waals surface area contributed by atoms with Crippen molar-refractivity contribution in [2.24, 2.45) is 5.92 Å². The average molecular weight is 260 g/mol. The van der Waals surface area contributed by atoms with Crippen molar-refractivity contribution in [3.63, 3.8) is 0 Å². The summed E-state index contributed by atoms with van der Waals surface area (Å²) >= 11 is 0. The molecule has 0 radical (unpaired) electrons. The maximum Gasteiger partial charge on any atom is 0.0959 e. The predicted octanol–water partition coefficient (Wildman–Crippen LogP) is 3.72. The van der Waals surface area contributed by atoms with E-state index in [4.69, 9.17) is 4.74 Å². The third-order valence-electron chi connectivity index (χ3n) is 3.55. The molecule has 0 spiro atoms. The zero-order chi connectivity index (χ0) is 13.8. The Bertz CT molecular complexity index is 543. The second-order valence-electron chi connectivity index (χ2n) is 5.66. The number of benzene rings is 1. The fourth-order valence-corrected chi connectivity index (χ4v) is 2.08. The molecule has 1 aromatic carbocycles. The minimum absolute atomic E-state index is 0.708. The number of hydrogen-bond acceptors (Lipinski definition) is 2. The highest BCUT2D eigenvalue weighted by Gasteiger charge is 2.04. The van der Waals surface area contributed by atoms with Gasteiger partial charge in [-0.2, -0.15) is 0 Å². The molecule has 1 heterocycles. The van der Waals surface area contributed by atoms with Gasteiger partial charge in [-0.15, -0.1) is 0 Å². The summed E-state index contributed by atoms with van der Waals surface area (Å²) in [5.74, 6) is 0.708. The Kier molecular flexibility index (Phi) is 4.59. The van der Waals surface area contributed by atoms with Crippen LogP contribution in [0.2, 0.25) is 0 Å². The molecule has 0 aliphatic heterocycles. The van der Waals surface area contributed by atoms with Crippen LogP contribution < -0.4 is 0 Å². The van der Waals surface area contributed by atoms with Crippen molar-refractivity contribution in [2.75, 3.05) is 13.2 Å². The molecule has 1 aromatic heterocycles. The Morgan fingerprint density at radius 2 is 1.89 bits per heavy atom. The molecule has 0 saturated heterocycles. The molecular weight excluding hydrogens is 236 g/mol. The Morgan fingerprint density at radius 3 is 2.63 bits per heavy atom. The highest BCUT2D eigenvalue weighted by molar-refractivity contribution is 5.77. The molecule has 19 heavy (non-hydrogen) atoms. The van der Waals surface area contributed by atoms with Gasteiger partial charge in [-0.05, 0) is 49.4 Å². The normalized spacial score (nSPS) is 11.6. The fourth-order valence-electron chi connectivity index (χ4n) is 2.08. The van der Waals surface area contributed by atoms with Crippen molar-refractivity contribution in [1.29, 1.82) is 0 Å². The highest BCUT2D eigenvalue weighted by atomic mass is 16.5. The summed E-state index contributed by atoms with van der Waals surface area (Å²) in [7, 11) is 0. The van der Waals surface area contributed by atoms with Crippen LogP contribution in [0.4, 0.5) is 0 Å². The van der Waals surface area contributed by atoms with Crippen LogP contribution in [0.1, 0.15) is 31.4 Å². The molecule has 2 aromatic rings. The standard InChI is InChI=1S/C16H24N2O/c1-12(2)5-7-19-8-6-18-11-17-15-9-13(3)14(4)10-16(15)18/h9-12H,5-8H2,1-4H3. The molecule has 0 bridgehead atoms. The van der Waals surface area contributed by atoms with Crippen LogP contribution in [-0.2, 0) is 11.3 Å². The molecule has 0 N–H and O–H groups in total. The van der Waals surface area contributed by atoms with E-state index in [2.05, 4.69) is 49.4 Å². The number of aromatic nitrogens is 2. The van der Waals surface area contributed by atoms with Gasteiger partial charge < -0.3 is 9.30 Å². The summed E-state index contributed by atoms with van der Waals surface area (Å²) in [5, 5.41) is 0. The first-order valence-corrected chi connectivity index (χ1v) is 7.07. The molecule has 3 heteroatoms. The lowest BCUT2D eigenvalue weighted by Crippen LogP contribution is -2.07. The summed E-state index contributed by atoms with van der Waals surface area (Å²) in [4.78, 5) is 4.46. The number of hydrogen-bond donors (Lipinski definition) is 0. The summed E-state index contributed by atoms with van der Waals surface area (Å²) < 4.78 is 7.85. The van der Waals surface area contributed by atoms with Gasteiger partial charge in [-0.1, -0.05) is 13.8 Å². The Hall–Kier alpha value is -1.35. The molecule has 104 valence electrons. The number of rotatable bonds is 6. The number of aryl methyl sites for hydroxylation is 2. The van der Waals surface area contributed by atoms with Gasteiger partial charge in [0.15, 0.2) is 0 Å². The summed E-state index contributed by atoms with van der Waals surface area (Å²) in [6, 6.07) is 4.37. The third kappa shape index (κ3) is 3.57. The van der Waals surface area contributed by atoms with Crippen molar-refractivity contribution in [3.05, 3.63) is 29.6 Å². The van der Waals surface area contributed by atoms with E-state index < -0.39 is 0 Å². The lowest BCUT2D eigenvalue weighted by molar-refractivity contribution is 0.117. The van der Waals surface area contributed by atoms with Crippen LogP contribution in [0.5, 0.6) is 0 Å². The van der Waals surface area contributed by atoms with Crippen LogP contribution in [0.3, 0.4) is 0 Å². The van der Waals surface area contributed by atoms with Gasteiger partial charge in [0.1, 0.15) is 0 Å². The molecule has 0 aliphatic carbocycles. The molecule has 2 rings (SSSR count). The molecule has 3 nitrogen and oxygen atoms in total. The van der Waals surface area contributed by atoms with Crippen LogP contribution in [-0.4, -0.2) is 22.8 Å². The molecule has 0 saturated carbocycles. The Labute approximate surface area is 115 Å². The first kappa shape index (κ1) is 14.1. The first-order valence-electron chi connectivity index (χ1n) is 7.07. The lowest BCUT2D eigenvalue weighted by Gasteiger charge is -2.08. The van der Waals surface area contributed by atoms with Gasteiger partial charge in [-0.3, -0.25) is 0 Å². The smallest absolute Gasteiger partial charge is 0.0959 e. The van der Waals surface area contributed by atoms with E-state index in [1.165, 1.54) is 16.6 Å². The van der Waals surface area contributed by atoms with E-state index in [0.717, 1.165) is 31.7 Å². The number of nitrogens with zero attached hydrogens (tertiary/aromatic N) is 2. The Balaban J connectivity index is 1.96. The first-order chi connectivity index (χ1) is 9.08. The van der Waals surface area contributed by atoms with Crippen molar-refractivity contribution in [1.82, 2.24) is 9.55 Å². The van der Waals surface area contributed by atoms with Gasteiger partial charge >= 0.3 is 0 Å². The van der Waals surface area contributed by atoms with E-state index in [9.17, 15) is 0 Å². The lowest BCUT2D eigenvalue weighted by atomic mass is 10.1. The van der Waals surface area contributed by atoms with E-state index in [1.54, 1.807) is 0 Å². The van der Waals surface area contributed by atoms with Gasteiger partial charge in [0.2, 0.25) is 0 Å². The SMILES string of the molecule is Cc1cc2ncn(CCOCCC(C)C)c2cc1C. The summed E-state index contributed by atoms with van der Waals surface area (Å²) in [6.07, 6.45) is 3.04. The Morgan fingerprint density at radius 1 is 1.16 bits per heavy atom. The fraction of sp³-hybridized carbons (Fsp3) is 0.562. The minimum atomic E-state index is 0.708. The van der Waals surface area contributed by atoms with Gasteiger partial charge in [0.25, 0.3) is 0 Å². The topological polar surface area (TPSA) is 27.1 Å². The van der Waals surface area contributed by atoms with E-state index in [-0.39, 0.29) is 0 Å². The third-order valence-corrected chi connectivity index (χ3v) is 3.55. The predicted molar refractivity (Wildman–Crippen MR) is 79.5 cm³/mol. The molecule has 0 aliphatic rings. The van der Waals surface area contributed by atoms with Gasteiger partial charge in [0.05, 0.1) is 24.0 Å². The van der Waals surface area contributed by atoms with Crippen molar-refractivity contribution >= 4 is 11.0 Å². The van der Waals surface area contributed by atoms with Crippen molar-refractivity contribution < 1.29 is 4.74 Å². The quantitative estimate of drug-likeness (QED) is 0.740. The van der Waals surface area contributed by atoms with Crippen molar-refractivity contribution in [2.45, 2.75) is 40.7 Å². The van der Waals surface area contributed by atoms with E-state index in [1.807, 2.05) is 6.33 Å². The molecule has 0 atom stereocenters. The number of imidazole rings is 1. The highest BCUT2D eigenvalue weighted by Crippen LogP contribution is 2.18. The monoisotopic (exact) mass is 260 g/mol. The van der Waals surface area contributed by atoms with Crippen LogP contribution in [0, 0.1) is 19.8 Å². The van der Waals surface area contributed by atoms with E-state index in [0.29, 0.717) is 5.92 Å². The zero-order valence-corrected chi connectivity index (χ0v) is 12.4. The molecule has 0 amide bonds. The number of fused-ring (bicyclic) bond motifs is 1. The maximum absolute atomic E-state index is 5.67. The largest absolute Gasteiger partial charge is 0.380 e. The van der Waals surface area contributed by atoms with E-state index >= 15 is 0 Å².